The average Bonchev–Trinajstić information content (AvgIpc) is 3.08. The Morgan fingerprint density at radius 3 is 2.74 bits per heavy atom. The van der Waals surface area contributed by atoms with Gasteiger partial charge >= 0.3 is 0 Å². The lowest BCUT2D eigenvalue weighted by Crippen LogP contribution is -2.15. The van der Waals surface area contributed by atoms with Crippen LogP contribution in [0.1, 0.15) is 17.2 Å². The summed E-state index contributed by atoms with van der Waals surface area (Å²) >= 11 is 0. The molecule has 2 aliphatic rings. The Bertz CT molecular complexity index is 1440. The molecule has 1 saturated heterocycles. The average molecular weight is 416 g/mol. The van der Waals surface area contributed by atoms with E-state index >= 15 is 4.39 Å². The highest BCUT2D eigenvalue weighted by Gasteiger charge is 2.55. The van der Waals surface area contributed by atoms with Crippen molar-refractivity contribution in [3.63, 3.8) is 0 Å². The molecule has 2 fully saturated rings. The largest absolute Gasteiger partial charge is 0.508 e. The monoisotopic (exact) mass is 416 g/mol. The molecule has 6 rings (SSSR count). The number of fused-ring (bicyclic) bond motifs is 3. The number of hydrogen-bond donors (Lipinski definition) is 2. The van der Waals surface area contributed by atoms with Gasteiger partial charge in [-0.2, -0.15) is 5.10 Å². The van der Waals surface area contributed by atoms with Crippen LogP contribution in [0.2, 0.25) is 0 Å². The number of nitrogens with one attached hydrogen (secondary N) is 1. The summed E-state index contributed by atoms with van der Waals surface area (Å²) in [5, 5.41) is 19.6. The van der Waals surface area contributed by atoms with Crippen LogP contribution in [-0.4, -0.2) is 33.0 Å². The van der Waals surface area contributed by atoms with Gasteiger partial charge in [0.2, 0.25) is 0 Å². The molecule has 0 spiro atoms. The van der Waals surface area contributed by atoms with Gasteiger partial charge in [-0.25, -0.2) is 8.78 Å². The molecule has 1 aliphatic carbocycles. The summed E-state index contributed by atoms with van der Waals surface area (Å²) in [5.41, 5.74) is 1.45. The number of halogens is 2. The summed E-state index contributed by atoms with van der Waals surface area (Å²) in [5.74, 6) is 2.53. The highest BCUT2D eigenvalue weighted by molar-refractivity contribution is 6.02. The second-order valence-corrected chi connectivity index (χ2v) is 8.36. The molecule has 0 amide bonds. The van der Waals surface area contributed by atoms with E-state index in [0.717, 1.165) is 18.8 Å². The Hall–Kier alpha value is -3.50. The quantitative estimate of drug-likeness (QED) is 0.490. The number of benzene rings is 2. The lowest BCUT2D eigenvalue weighted by atomic mass is 9.95. The van der Waals surface area contributed by atoms with Crippen LogP contribution in [0, 0.1) is 35.8 Å². The zero-order chi connectivity index (χ0) is 21.4. The van der Waals surface area contributed by atoms with Gasteiger partial charge in [0.05, 0.1) is 11.3 Å². The number of terminal acetylenes is 1. The first-order valence-corrected chi connectivity index (χ1v) is 10.1. The van der Waals surface area contributed by atoms with Crippen LogP contribution in [-0.2, 0) is 7.05 Å². The van der Waals surface area contributed by atoms with E-state index in [-0.39, 0.29) is 28.1 Å². The third-order valence-electron chi connectivity index (χ3n) is 6.73. The molecule has 1 saturated carbocycles. The van der Waals surface area contributed by atoms with E-state index in [2.05, 4.69) is 21.3 Å². The molecule has 4 aromatic rings. The SMILES string of the molecule is C#Cc1c(F)ccc2cc(O)cc(-c3ncc4c(C5[C@H]6CNC[C@@H]56)n(C)nc4c3F)c12. The van der Waals surface area contributed by atoms with Crippen molar-refractivity contribution in [1.82, 2.24) is 20.1 Å². The van der Waals surface area contributed by atoms with Gasteiger partial charge in [-0.3, -0.25) is 9.67 Å². The molecular weight excluding hydrogens is 398 g/mol. The lowest BCUT2D eigenvalue weighted by molar-refractivity contribution is 0.476. The van der Waals surface area contributed by atoms with Crippen molar-refractivity contribution in [3.8, 4) is 29.4 Å². The second kappa shape index (κ2) is 6.25. The third kappa shape index (κ3) is 2.45. The van der Waals surface area contributed by atoms with Gasteiger partial charge in [-0.1, -0.05) is 12.0 Å². The number of nitrogens with zero attached hydrogens (tertiary/aromatic N) is 3. The fourth-order valence-corrected chi connectivity index (χ4v) is 5.30. The smallest absolute Gasteiger partial charge is 0.177 e. The molecule has 3 heterocycles. The van der Waals surface area contributed by atoms with Crippen molar-refractivity contribution in [2.45, 2.75) is 5.92 Å². The van der Waals surface area contributed by atoms with Crippen LogP contribution in [0.25, 0.3) is 32.9 Å². The van der Waals surface area contributed by atoms with Gasteiger partial charge in [-0.05, 0) is 48.5 Å². The number of phenols is 1. The molecule has 2 N–H and O–H groups in total. The molecule has 154 valence electrons. The van der Waals surface area contributed by atoms with Crippen molar-refractivity contribution >= 4 is 21.7 Å². The predicted molar refractivity (Wildman–Crippen MR) is 114 cm³/mol. The van der Waals surface area contributed by atoms with E-state index in [0.29, 0.717) is 33.9 Å². The van der Waals surface area contributed by atoms with Crippen molar-refractivity contribution in [2.24, 2.45) is 18.9 Å². The highest BCUT2D eigenvalue weighted by Crippen LogP contribution is 2.57. The standard InChI is InChI=1S/C24H18F2N4O/c1-3-13-18(25)5-4-11-6-12(31)7-14(19(11)13)22-21(26)23-17(10-28-22)24(30(2)29-23)20-15-8-27-9-16(15)20/h1,4-7,10,15-16,20,27,31H,8-9H2,2H3/t15-,16+,20?. The molecule has 31 heavy (non-hydrogen) atoms. The Morgan fingerprint density at radius 1 is 1.23 bits per heavy atom. The van der Waals surface area contributed by atoms with Crippen LogP contribution in [0.4, 0.5) is 8.78 Å². The van der Waals surface area contributed by atoms with E-state index in [1.807, 2.05) is 7.05 Å². The minimum absolute atomic E-state index is 0.00816. The molecule has 1 unspecified atom stereocenters. The molecule has 1 aliphatic heterocycles. The summed E-state index contributed by atoms with van der Waals surface area (Å²) in [6.07, 6.45) is 7.18. The van der Waals surface area contributed by atoms with Crippen molar-refractivity contribution in [3.05, 3.63) is 53.4 Å². The number of aromatic nitrogens is 3. The fourth-order valence-electron chi connectivity index (χ4n) is 5.30. The summed E-state index contributed by atoms with van der Waals surface area (Å²) in [4.78, 5) is 4.40. The van der Waals surface area contributed by atoms with E-state index < -0.39 is 11.6 Å². The van der Waals surface area contributed by atoms with E-state index in [1.54, 1.807) is 10.9 Å². The van der Waals surface area contributed by atoms with Crippen molar-refractivity contribution in [1.29, 1.82) is 0 Å². The summed E-state index contributed by atoms with van der Waals surface area (Å²) in [7, 11) is 1.82. The van der Waals surface area contributed by atoms with Crippen LogP contribution in [0.5, 0.6) is 5.75 Å². The maximum Gasteiger partial charge on any atom is 0.177 e. The molecule has 3 atom stereocenters. The maximum atomic E-state index is 15.7. The third-order valence-corrected chi connectivity index (χ3v) is 6.73. The predicted octanol–water partition coefficient (Wildman–Crippen LogP) is 3.69. The summed E-state index contributed by atoms with van der Waals surface area (Å²) in [6, 6.07) is 5.57. The number of pyridine rings is 1. The number of hydrogen-bond acceptors (Lipinski definition) is 4. The Kier molecular flexibility index (Phi) is 3.69. The van der Waals surface area contributed by atoms with Crippen molar-refractivity contribution < 1.29 is 13.9 Å². The van der Waals surface area contributed by atoms with E-state index in [4.69, 9.17) is 6.42 Å². The summed E-state index contributed by atoms with van der Waals surface area (Å²) in [6.45, 7) is 1.93. The van der Waals surface area contributed by atoms with Gasteiger partial charge in [0.1, 0.15) is 22.8 Å². The van der Waals surface area contributed by atoms with Crippen LogP contribution < -0.4 is 5.32 Å². The number of rotatable bonds is 2. The Balaban J connectivity index is 1.60. The molecule has 0 bridgehead atoms. The molecular formula is C24H18F2N4O. The first-order chi connectivity index (χ1) is 15.0. The lowest BCUT2D eigenvalue weighted by Gasteiger charge is -2.11. The molecule has 7 heteroatoms. The fraction of sp³-hybridized carbons (Fsp3) is 0.250. The Morgan fingerprint density at radius 2 is 2.00 bits per heavy atom. The van der Waals surface area contributed by atoms with Gasteiger partial charge < -0.3 is 10.4 Å². The van der Waals surface area contributed by atoms with Gasteiger partial charge in [0.25, 0.3) is 0 Å². The number of aromatic hydroxyl groups is 1. The molecule has 5 nitrogen and oxygen atoms in total. The molecule has 2 aromatic heterocycles. The van der Waals surface area contributed by atoms with Gasteiger partial charge in [0.15, 0.2) is 5.82 Å². The van der Waals surface area contributed by atoms with Gasteiger partial charge in [-0.15, -0.1) is 6.42 Å². The van der Waals surface area contributed by atoms with E-state index in [9.17, 15) is 9.50 Å². The van der Waals surface area contributed by atoms with Gasteiger partial charge in [0, 0.05) is 35.5 Å². The van der Waals surface area contributed by atoms with Crippen LogP contribution in [0.3, 0.4) is 0 Å². The molecule has 2 aromatic carbocycles. The number of phenolic OH excluding ortho intramolecular Hbond substituents is 1. The number of aryl methyl sites for hydroxylation is 1. The minimum atomic E-state index is -0.609. The van der Waals surface area contributed by atoms with E-state index in [1.165, 1.54) is 24.3 Å². The minimum Gasteiger partial charge on any atom is -0.508 e. The number of piperidine rings is 1. The highest BCUT2D eigenvalue weighted by atomic mass is 19.1. The van der Waals surface area contributed by atoms with Crippen molar-refractivity contribution in [2.75, 3.05) is 13.1 Å². The Labute approximate surface area is 176 Å². The normalized spacial score (nSPS) is 22.1. The maximum absolute atomic E-state index is 15.7. The topological polar surface area (TPSA) is 63.0 Å². The first-order valence-electron chi connectivity index (χ1n) is 10.1. The first kappa shape index (κ1) is 18.3. The molecule has 0 radical (unpaired) electrons. The van der Waals surface area contributed by atoms with Crippen LogP contribution in [0.15, 0.2) is 30.5 Å². The zero-order valence-electron chi connectivity index (χ0n) is 16.7. The summed E-state index contributed by atoms with van der Waals surface area (Å²) < 4.78 is 31.9. The second-order valence-electron chi connectivity index (χ2n) is 8.36. The zero-order valence-corrected chi connectivity index (χ0v) is 16.7. The van der Waals surface area contributed by atoms with Crippen LogP contribution >= 0.6 is 0 Å².